The van der Waals surface area contributed by atoms with E-state index in [1.807, 2.05) is 12.2 Å². The average molecular weight is 486 g/mol. The van der Waals surface area contributed by atoms with Crippen LogP contribution in [0.3, 0.4) is 0 Å². The highest BCUT2D eigenvalue weighted by Gasteiger charge is 2.61. The van der Waals surface area contributed by atoms with Crippen LogP contribution < -0.4 is 0 Å². The van der Waals surface area contributed by atoms with Gasteiger partial charge in [0, 0.05) is 17.7 Å². The summed E-state index contributed by atoms with van der Waals surface area (Å²) in [6.45, 7) is -0.105. The summed E-state index contributed by atoms with van der Waals surface area (Å²) in [6.07, 6.45) is 4.72. The second-order valence-corrected chi connectivity index (χ2v) is 9.22. The lowest BCUT2D eigenvalue weighted by molar-refractivity contribution is -0.384. The van der Waals surface area contributed by atoms with Crippen molar-refractivity contribution in [2.24, 2.45) is 23.7 Å². The number of hydrogen-bond acceptors (Lipinski definition) is 5. The normalized spacial score (nSPS) is 25.0. The highest BCUT2D eigenvalue weighted by molar-refractivity contribution is 6.42. The number of hydrazine groups is 1. The van der Waals surface area contributed by atoms with Crippen molar-refractivity contribution in [3.63, 3.8) is 0 Å². The van der Waals surface area contributed by atoms with E-state index >= 15 is 0 Å². The average Bonchev–Trinajstić information content (AvgIpc) is 3.48. The predicted octanol–water partition coefficient (Wildman–Crippen LogP) is 4.27. The topological polar surface area (TPSA) is 101 Å². The summed E-state index contributed by atoms with van der Waals surface area (Å²) in [5.74, 6) is -2.42. The molecule has 0 N–H and O–H groups in total. The molecule has 1 heterocycles. The molecule has 8 nitrogen and oxygen atoms in total. The molecule has 2 bridgehead atoms. The maximum atomic E-state index is 13.5. The number of nitro benzene ring substituents is 1. The lowest BCUT2D eigenvalue weighted by atomic mass is 9.85. The van der Waals surface area contributed by atoms with Crippen LogP contribution in [0.4, 0.5) is 5.69 Å². The third-order valence-electron chi connectivity index (χ3n) is 6.56. The number of non-ortho nitro benzene ring substituents is 1. The highest BCUT2D eigenvalue weighted by Crippen LogP contribution is 2.53. The monoisotopic (exact) mass is 485 g/mol. The third-order valence-corrected chi connectivity index (χ3v) is 7.30. The van der Waals surface area contributed by atoms with Gasteiger partial charge in [0.25, 0.3) is 23.4 Å². The molecule has 33 heavy (non-hydrogen) atoms. The fourth-order valence-electron chi connectivity index (χ4n) is 5.04. The Kier molecular flexibility index (Phi) is 5.22. The van der Waals surface area contributed by atoms with Gasteiger partial charge in [-0.1, -0.05) is 41.4 Å². The molecular formula is C23H17Cl2N3O5. The molecular weight excluding hydrogens is 469 g/mol. The molecule has 5 rings (SSSR count). The number of nitrogens with zero attached hydrogens (tertiary/aromatic N) is 3. The molecule has 4 atom stereocenters. The van der Waals surface area contributed by atoms with Crippen LogP contribution in [0.5, 0.6) is 0 Å². The highest BCUT2D eigenvalue weighted by atomic mass is 35.5. The van der Waals surface area contributed by atoms with E-state index < -0.39 is 34.5 Å². The van der Waals surface area contributed by atoms with Crippen molar-refractivity contribution < 1.29 is 19.3 Å². The Hall–Kier alpha value is -3.23. The Balaban J connectivity index is 1.52. The van der Waals surface area contributed by atoms with E-state index in [0.29, 0.717) is 10.6 Å². The summed E-state index contributed by atoms with van der Waals surface area (Å²) in [5.41, 5.74) is 0.505. The second-order valence-electron chi connectivity index (χ2n) is 8.40. The first-order valence-corrected chi connectivity index (χ1v) is 11.1. The maximum absolute atomic E-state index is 13.5. The number of allylic oxidation sites excluding steroid dienone is 2. The van der Waals surface area contributed by atoms with Gasteiger partial charge in [0.1, 0.15) is 0 Å². The fraction of sp³-hybridized carbons (Fsp3) is 0.261. The molecule has 3 amide bonds. The summed E-state index contributed by atoms with van der Waals surface area (Å²) in [7, 11) is 0. The van der Waals surface area contributed by atoms with Gasteiger partial charge in [-0.15, -0.1) is 0 Å². The Morgan fingerprint density at radius 2 is 1.61 bits per heavy atom. The number of rotatable bonds is 5. The Labute approximate surface area is 198 Å². The smallest absolute Gasteiger partial charge is 0.272 e. The Morgan fingerprint density at radius 1 is 1.00 bits per heavy atom. The van der Waals surface area contributed by atoms with Gasteiger partial charge in [-0.25, -0.2) is 5.01 Å². The molecule has 168 valence electrons. The first-order valence-electron chi connectivity index (χ1n) is 10.3. The largest absolute Gasteiger partial charge is 0.273 e. The van der Waals surface area contributed by atoms with Crippen molar-refractivity contribution in [2.75, 3.05) is 0 Å². The molecule has 1 aliphatic heterocycles. The van der Waals surface area contributed by atoms with Crippen molar-refractivity contribution in [3.8, 4) is 0 Å². The first kappa shape index (κ1) is 21.6. The van der Waals surface area contributed by atoms with Crippen LogP contribution in [0.25, 0.3) is 0 Å². The summed E-state index contributed by atoms with van der Waals surface area (Å²) < 4.78 is 0. The van der Waals surface area contributed by atoms with Gasteiger partial charge in [0.05, 0.1) is 33.3 Å². The number of hydrogen-bond donors (Lipinski definition) is 0. The maximum Gasteiger partial charge on any atom is 0.273 e. The number of fused-ring (bicyclic) bond motifs is 5. The minimum absolute atomic E-state index is 0.0113. The molecule has 10 heteroatoms. The van der Waals surface area contributed by atoms with E-state index in [0.717, 1.165) is 16.4 Å². The summed E-state index contributed by atoms with van der Waals surface area (Å²) >= 11 is 12.1. The Morgan fingerprint density at radius 3 is 2.15 bits per heavy atom. The summed E-state index contributed by atoms with van der Waals surface area (Å²) in [4.78, 5) is 50.6. The van der Waals surface area contributed by atoms with Crippen molar-refractivity contribution in [1.29, 1.82) is 0 Å². The molecule has 0 aromatic heterocycles. The van der Waals surface area contributed by atoms with Gasteiger partial charge in [-0.2, -0.15) is 5.01 Å². The van der Waals surface area contributed by atoms with Crippen molar-refractivity contribution in [1.82, 2.24) is 10.0 Å². The van der Waals surface area contributed by atoms with Gasteiger partial charge in [0.2, 0.25) is 0 Å². The lowest BCUT2D eigenvalue weighted by Gasteiger charge is -2.31. The fourth-order valence-corrected chi connectivity index (χ4v) is 5.36. The van der Waals surface area contributed by atoms with Crippen molar-refractivity contribution in [2.45, 2.75) is 13.0 Å². The number of amides is 3. The molecule has 1 saturated carbocycles. The van der Waals surface area contributed by atoms with Gasteiger partial charge < -0.3 is 0 Å². The standard InChI is InChI=1S/C23H17Cl2N3O5/c24-17-8-1-12(9-18(17)25)11-26(21(29)13-4-6-16(7-5-13)28(32)33)27-22(30)19-14-2-3-15(10-14)20(19)23(27)31/h1-9,14-15,19-20H,10-11H2/t14-,15-,19-,20-/m0/s1. The summed E-state index contributed by atoms with van der Waals surface area (Å²) in [5, 5.41) is 13.6. The van der Waals surface area contributed by atoms with Crippen LogP contribution in [-0.4, -0.2) is 32.7 Å². The number of carbonyl (C=O) groups excluding carboxylic acids is 3. The second kappa shape index (κ2) is 7.97. The van der Waals surface area contributed by atoms with E-state index in [4.69, 9.17) is 23.2 Å². The molecule has 3 aliphatic rings. The zero-order valence-electron chi connectivity index (χ0n) is 17.1. The minimum atomic E-state index is -0.627. The molecule has 2 aliphatic carbocycles. The van der Waals surface area contributed by atoms with Crippen LogP contribution >= 0.6 is 23.2 Å². The van der Waals surface area contributed by atoms with Crippen LogP contribution in [0.1, 0.15) is 22.3 Å². The zero-order chi connectivity index (χ0) is 23.4. The van der Waals surface area contributed by atoms with Crippen LogP contribution in [0, 0.1) is 33.8 Å². The zero-order valence-corrected chi connectivity index (χ0v) is 18.6. The van der Waals surface area contributed by atoms with E-state index in [9.17, 15) is 24.5 Å². The molecule has 2 aromatic rings. The quantitative estimate of drug-likeness (QED) is 0.272. The summed E-state index contributed by atoms with van der Waals surface area (Å²) in [6, 6.07) is 9.81. The number of benzene rings is 2. The molecule has 2 fully saturated rings. The number of imide groups is 1. The molecule has 0 spiro atoms. The van der Waals surface area contributed by atoms with E-state index in [2.05, 4.69) is 0 Å². The van der Waals surface area contributed by atoms with Crippen LogP contribution in [-0.2, 0) is 16.1 Å². The van der Waals surface area contributed by atoms with E-state index in [1.54, 1.807) is 18.2 Å². The van der Waals surface area contributed by atoms with Gasteiger partial charge in [-0.3, -0.25) is 24.5 Å². The van der Waals surface area contributed by atoms with Gasteiger partial charge in [-0.05, 0) is 48.1 Å². The third kappa shape index (κ3) is 3.50. The van der Waals surface area contributed by atoms with Crippen molar-refractivity contribution in [3.05, 3.63) is 85.9 Å². The SMILES string of the molecule is O=C(c1ccc([N+](=O)[O-])cc1)N(Cc1ccc(Cl)c(Cl)c1)N1C(=O)[C@@H]2[C@@H](C1=O)[C@H]1C=C[C@H]2C1. The Bertz CT molecular complexity index is 1200. The number of halogens is 2. The van der Waals surface area contributed by atoms with Gasteiger partial charge >= 0.3 is 0 Å². The molecule has 0 radical (unpaired) electrons. The van der Waals surface area contributed by atoms with Crippen LogP contribution in [0.15, 0.2) is 54.6 Å². The minimum Gasteiger partial charge on any atom is -0.272 e. The molecule has 0 unspecified atom stereocenters. The number of carbonyl (C=O) groups is 3. The molecule has 2 aromatic carbocycles. The lowest BCUT2D eigenvalue weighted by Crippen LogP contribution is -2.50. The van der Waals surface area contributed by atoms with Crippen molar-refractivity contribution >= 4 is 46.6 Å². The van der Waals surface area contributed by atoms with Crippen LogP contribution in [0.2, 0.25) is 10.0 Å². The number of nitro groups is 1. The predicted molar refractivity (Wildman–Crippen MR) is 119 cm³/mol. The van der Waals surface area contributed by atoms with Gasteiger partial charge in [0.15, 0.2) is 0 Å². The van der Waals surface area contributed by atoms with E-state index in [1.165, 1.54) is 24.3 Å². The van der Waals surface area contributed by atoms with E-state index in [-0.39, 0.29) is 34.7 Å². The first-order chi connectivity index (χ1) is 15.8. The molecule has 1 saturated heterocycles.